The molecule has 1 saturated heterocycles. The number of methoxy groups -OCH3 is 1. The van der Waals surface area contributed by atoms with Crippen LogP contribution in [0.1, 0.15) is 34.5 Å². The molecule has 1 aromatic heterocycles. The summed E-state index contributed by atoms with van der Waals surface area (Å²) < 4.78 is 43.3. The van der Waals surface area contributed by atoms with Crippen molar-refractivity contribution in [3.05, 3.63) is 59.3 Å². The number of amides is 1. The normalized spacial score (nSPS) is 15.8. The van der Waals surface area contributed by atoms with Gasteiger partial charge in [-0.2, -0.15) is 18.3 Å². The highest BCUT2D eigenvalue weighted by atomic mass is 19.4. The van der Waals surface area contributed by atoms with Crippen LogP contribution in [0.3, 0.4) is 0 Å². The number of piperidine rings is 1. The van der Waals surface area contributed by atoms with Gasteiger partial charge in [-0.1, -0.05) is 12.1 Å². The molecule has 1 amide bonds. The third-order valence-electron chi connectivity index (χ3n) is 5.93. The molecule has 1 fully saturated rings. The van der Waals surface area contributed by atoms with E-state index < -0.39 is 11.7 Å². The first-order valence-electron chi connectivity index (χ1n) is 10.5. The Labute approximate surface area is 183 Å². The maximum Gasteiger partial charge on any atom is 0.416 e. The van der Waals surface area contributed by atoms with E-state index in [1.165, 1.54) is 0 Å². The second-order valence-corrected chi connectivity index (χ2v) is 8.11. The van der Waals surface area contributed by atoms with Crippen molar-refractivity contribution < 1.29 is 22.7 Å². The quantitative estimate of drug-likeness (QED) is 0.595. The van der Waals surface area contributed by atoms with Crippen LogP contribution in [0.5, 0.6) is 5.75 Å². The van der Waals surface area contributed by atoms with Crippen LogP contribution < -0.4 is 10.1 Å². The molecule has 2 N–H and O–H groups in total. The highest BCUT2D eigenvalue weighted by molar-refractivity contribution is 6.05. The Morgan fingerprint density at radius 3 is 2.56 bits per heavy atom. The summed E-state index contributed by atoms with van der Waals surface area (Å²) in [6.45, 7) is 2.86. The molecule has 170 valence electrons. The number of rotatable bonds is 6. The molecule has 0 unspecified atom stereocenters. The van der Waals surface area contributed by atoms with E-state index in [9.17, 15) is 18.0 Å². The number of carbonyl (C=O) groups is 1. The zero-order chi connectivity index (χ0) is 22.7. The van der Waals surface area contributed by atoms with Gasteiger partial charge < -0.3 is 10.1 Å². The second kappa shape index (κ2) is 9.20. The van der Waals surface area contributed by atoms with Crippen LogP contribution in [-0.2, 0) is 12.7 Å². The largest absolute Gasteiger partial charge is 0.497 e. The van der Waals surface area contributed by atoms with Crippen molar-refractivity contribution in [3.8, 4) is 5.75 Å². The summed E-state index contributed by atoms with van der Waals surface area (Å²) in [5.74, 6) is 0.785. The molecule has 1 aliphatic heterocycles. The molecule has 2 aromatic carbocycles. The van der Waals surface area contributed by atoms with Crippen LogP contribution in [0.25, 0.3) is 10.9 Å². The summed E-state index contributed by atoms with van der Waals surface area (Å²) in [6.07, 6.45) is -2.48. The number of H-pyrrole nitrogens is 1. The molecule has 3 aromatic rings. The Hall–Kier alpha value is -3.07. The number of nitrogens with zero attached hydrogens (tertiary/aromatic N) is 2. The molecule has 2 heterocycles. The lowest BCUT2D eigenvalue weighted by Crippen LogP contribution is -2.38. The summed E-state index contributed by atoms with van der Waals surface area (Å²) in [5.41, 5.74) is 1.36. The topological polar surface area (TPSA) is 70.2 Å². The van der Waals surface area contributed by atoms with Crippen LogP contribution >= 0.6 is 0 Å². The standard InChI is InChI=1S/C23H25F3N4O2/c1-32-18-6-7-20-19(12-18)21(29-28-20)22(31)27-13-15-8-10-30(11-9-15)14-16-2-4-17(5-3-16)23(24,25)26/h2-7,12,15H,8-11,13-14H2,1H3,(H,27,31)(H,28,29). The van der Waals surface area contributed by atoms with Gasteiger partial charge in [0, 0.05) is 18.5 Å². The van der Waals surface area contributed by atoms with E-state index in [1.54, 1.807) is 31.4 Å². The SMILES string of the molecule is COc1ccc2[nH]nc(C(=O)NCC3CCN(Cc4ccc(C(F)(F)F)cc4)CC3)c2c1. The Bertz CT molecular complexity index is 1070. The first-order valence-corrected chi connectivity index (χ1v) is 10.5. The van der Waals surface area contributed by atoms with E-state index in [0.29, 0.717) is 35.8 Å². The Balaban J connectivity index is 1.26. The minimum absolute atomic E-state index is 0.225. The summed E-state index contributed by atoms with van der Waals surface area (Å²) in [6, 6.07) is 10.8. The van der Waals surface area contributed by atoms with E-state index in [0.717, 1.165) is 49.1 Å². The van der Waals surface area contributed by atoms with Gasteiger partial charge in [0.25, 0.3) is 5.91 Å². The number of halogens is 3. The lowest BCUT2D eigenvalue weighted by atomic mass is 9.96. The number of benzene rings is 2. The Morgan fingerprint density at radius 1 is 1.19 bits per heavy atom. The summed E-state index contributed by atoms with van der Waals surface area (Å²) >= 11 is 0. The van der Waals surface area contributed by atoms with E-state index in [-0.39, 0.29) is 5.91 Å². The van der Waals surface area contributed by atoms with Crippen LogP contribution in [0.15, 0.2) is 42.5 Å². The predicted octanol–water partition coefficient (Wildman–Crippen LogP) is 4.23. The Morgan fingerprint density at radius 2 is 1.91 bits per heavy atom. The molecule has 1 aliphatic rings. The van der Waals surface area contributed by atoms with Gasteiger partial charge in [0.2, 0.25) is 0 Å². The summed E-state index contributed by atoms with van der Waals surface area (Å²) in [5, 5.41) is 10.7. The first-order chi connectivity index (χ1) is 15.3. The molecule has 32 heavy (non-hydrogen) atoms. The molecular weight excluding hydrogens is 421 g/mol. The van der Waals surface area contributed by atoms with Crippen molar-refractivity contribution in [3.63, 3.8) is 0 Å². The smallest absolute Gasteiger partial charge is 0.416 e. The van der Waals surface area contributed by atoms with Crippen molar-refractivity contribution in [2.24, 2.45) is 5.92 Å². The number of aromatic amines is 1. The van der Waals surface area contributed by atoms with E-state index >= 15 is 0 Å². The van der Waals surface area contributed by atoms with Crippen molar-refractivity contribution >= 4 is 16.8 Å². The fourth-order valence-corrected chi connectivity index (χ4v) is 4.02. The molecule has 0 atom stereocenters. The summed E-state index contributed by atoms with van der Waals surface area (Å²) in [4.78, 5) is 14.9. The van der Waals surface area contributed by atoms with Crippen molar-refractivity contribution in [1.82, 2.24) is 20.4 Å². The van der Waals surface area contributed by atoms with Gasteiger partial charge in [0.05, 0.1) is 18.2 Å². The van der Waals surface area contributed by atoms with Gasteiger partial charge in [0.1, 0.15) is 5.75 Å². The predicted molar refractivity (Wildman–Crippen MR) is 114 cm³/mol. The average Bonchev–Trinajstić information content (AvgIpc) is 3.21. The van der Waals surface area contributed by atoms with E-state index in [2.05, 4.69) is 20.4 Å². The lowest BCUT2D eigenvalue weighted by Gasteiger charge is -2.32. The van der Waals surface area contributed by atoms with Crippen molar-refractivity contribution in [2.45, 2.75) is 25.6 Å². The fourth-order valence-electron chi connectivity index (χ4n) is 4.02. The molecule has 0 radical (unpaired) electrons. The van der Waals surface area contributed by atoms with Crippen molar-refractivity contribution in [2.75, 3.05) is 26.7 Å². The minimum atomic E-state index is -4.31. The third kappa shape index (κ3) is 5.04. The number of hydrogen-bond acceptors (Lipinski definition) is 4. The van der Waals surface area contributed by atoms with Crippen LogP contribution in [0.4, 0.5) is 13.2 Å². The molecule has 0 aliphatic carbocycles. The molecule has 4 rings (SSSR count). The minimum Gasteiger partial charge on any atom is -0.497 e. The number of ether oxygens (including phenoxy) is 1. The van der Waals surface area contributed by atoms with Gasteiger partial charge in [-0.15, -0.1) is 0 Å². The van der Waals surface area contributed by atoms with E-state index in [1.807, 2.05) is 6.07 Å². The highest BCUT2D eigenvalue weighted by Crippen LogP contribution is 2.29. The zero-order valence-corrected chi connectivity index (χ0v) is 17.7. The number of alkyl halides is 3. The second-order valence-electron chi connectivity index (χ2n) is 8.11. The lowest BCUT2D eigenvalue weighted by molar-refractivity contribution is -0.137. The molecule has 6 nitrogen and oxygen atoms in total. The maximum absolute atomic E-state index is 12.7. The Kier molecular flexibility index (Phi) is 6.36. The fraction of sp³-hybridized carbons (Fsp3) is 0.391. The van der Waals surface area contributed by atoms with Crippen molar-refractivity contribution in [1.29, 1.82) is 0 Å². The van der Waals surface area contributed by atoms with Crippen LogP contribution in [0, 0.1) is 5.92 Å². The van der Waals surface area contributed by atoms with E-state index in [4.69, 9.17) is 4.74 Å². The van der Waals surface area contributed by atoms with Gasteiger partial charge in [-0.05, 0) is 67.7 Å². The number of likely N-dealkylation sites (tertiary alicyclic amines) is 1. The van der Waals surface area contributed by atoms with Gasteiger partial charge >= 0.3 is 6.18 Å². The molecule has 0 bridgehead atoms. The van der Waals surface area contributed by atoms with Gasteiger partial charge in [-0.3, -0.25) is 14.8 Å². The average molecular weight is 446 g/mol. The van der Waals surface area contributed by atoms with Gasteiger partial charge in [0.15, 0.2) is 5.69 Å². The molecular formula is C23H25F3N4O2. The molecule has 0 spiro atoms. The van der Waals surface area contributed by atoms with Crippen LogP contribution in [0.2, 0.25) is 0 Å². The first kappa shape index (κ1) is 22.1. The number of nitrogens with one attached hydrogen (secondary N) is 2. The summed E-state index contributed by atoms with van der Waals surface area (Å²) in [7, 11) is 1.57. The van der Waals surface area contributed by atoms with Gasteiger partial charge in [-0.25, -0.2) is 0 Å². The highest BCUT2D eigenvalue weighted by Gasteiger charge is 2.30. The maximum atomic E-state index is 12.7. The molecule has 9 heteroatoms. The molecule has 0 saturated carbocycles. The third-order valence-corrected chi connectivity index (χ3v) is 5.93. The van der Waals surface area contributed by atoms with Crippen LogP contribution in [-0.4, -0.2) is 47.7 Å². The number of hydrogen-bond donors (Lipinski definition) is 2. The number of carbonyl (C=O) groups excluding carboxylic acids is 1. The number of aromatic nitrogens is 2. The monoisotopic (exact) mass is 446 g/mol. The zero-order valence-electron chi connectivity index (χ0n) is 17.7. The number of fused-ring (bicyclic) bond motifs is 1.